The molecule has 0 aromatic heterocycles. The quantitative estimate of drug-likeness (QED) is 0.767. The van der Waals surface area contributed by atoms with Crippen molar-refractivity contribution < 1.29 is 9.59 Å². The molecular weight excluding hydrogens is 372 g/mol. The lowest BCUT2D eigenvalue weighted by Gasteiger charge is -2.35. The fourth-order valence-corrected chi connectivity index (χ4v) is 4.50. The second kappa shape index (κ2) is 8.70. The summed E-state index contributed by atoms with van der Waals surface area (Å²) in [5.41, 5.74) is 2.92. The molecule has 0 radical (unpaired) electrons. The molecule has 2 aliphatic rings. The van der Waals surface area contributed by atoms with Crippen LogP contribution in [-0.2, 0) is 0 Å². The molecule has 0 bridgehead atoms. The minimum atomic E-state index is -0.143. The van der Waals surface area contributed by atoms with Crippen LogP contribution in [0.15, 0.2) is 72.8 Å². The number of amides is 2. The van der Waals surface area contributed by atoms with Gasteiger partial charge in [0.15, 0.2) is 0 Å². The van der Waals surface area contributed by atoms with E-state index < -0.39 is 0 Å². The molecule has 4 nitrogen and oxygen atoms in total. The van der Waals surface area contributed by atoms with Gasteiger partial charge in [0, 0.05) is 29.3 Å². The van der Waals surface area contributed by atoms with Gasteiger partial charge in [-0.15, -0.1) is 0 Å². The summed E-state index contributed by atoms with van der Waals surface area (Å²) in [6.07, 6.45) is 10.7. The molecule has 2 aromatic rings. The minimum absolute atomic E-state index is 0.0517. The Bertz CT molecular complexity index is 990. The Morgan fingerprint density at radius 2 is 1.73 bits per heavy atom. The summed E-state index contributed by atoms with van der Waals surface area (Å²) in [6, 6.07) is 14.8. The highest BCUT2D eigenvalue weighted by Gasteiger charge is 2.34. The summed E-state index contributed by atoms with van der Waals surface area (Å²) in [5.74, 6) is 0.841. The minimum Gasteiger partial charge on any atom is -0.332 e. The van der Waals surface area contributed by atoms with Crippen molar-refractivity contribution in [3.8, 4) is 0 Å². The highest BCUT2D eigenvalue weighted by Crippen LogP contribution is 2.33. The molecule has 1 saturated heterocycles. The number of aryl methyl sites for hydroxylation is 1. The molecule has 154 valence electrons. The van der Waals surface area contributed by atoms with Gasteiger partial charge in [-0.25, -0.2) is 0 Å². The lowest BCUT2D eigenvalue weighted by atomic mass is 9.83. The fraction of sp³-hybridized carbons (Fsp3) is 0.308. The zero-order chi connectivity index (χ0) is 21.1. The van der Waals surface area contributed by atoms with Gasteiger partial charge < -0.3 is 10.2 Å². The van der Waals surface area contributed by atoms with E-state index in [1.807, 2.05) is 54.3 Å². The lowest BCUT2D eigenvalue weighted by molar-refractivity contribution is 0.0688. The largest absolute Gasteiger partial charge is 0.332 e. The Morgan fingerprint density at radius 1 is 1.00 bits per heavy atom. The van der Waals surface area contributed by atoms with Crippen molar-refractivity contribution in [1.82, 2.24) is 4.90 Å². The second-order valence-corrected chi connectivity index (χ2v) is 8.30. The Labute approximate surface area is 178 Å². The molecule has 1 aliphatic carbocycles. The first kappa shape index (κ1) is 20.1. The number of anilines is 1. The Hall–Kier alpha value is -3.14. The average Bonchev–Trinajstić information content (AvgIpc) is 2.93. The van der Waals surface area contributed by atoms with Crippen molar-refractivity contribution in [3.05, 3.63) is 89.5 Å². The second-order valence-electron chi connectivity index (χ2n) is 8.30. The molecule has 3 atom stereocenters. The molecule has 4 rings (SSSR count). The third-order valence-electron chi connectivity index (χ3n) is 6.26. The van der Waals surface area contributed by atoms with Gasteiger partial charge in [0.1, 0.15) is 0 Å². The zero-order valence-electron chi connectivity index (χ0n) is 17.5. The molecule has 4 heteroatoms. The summed E-state index contributed by atoms with van der Waals surface area (Å²) in [6.45, 7) is 4.97. The van der Waals surface area contributed by atoms with E-state index in [9.17, 15) is 9.59 Å². The number of benzene rings is 2. The van der Waals surface area contributed by atoms with Crippen LogP contribution in [0, 0.1) is 18.8 Å². The van der Waals surface area contributed by atoms with Gasteiger partial charge in [-0.1, -0.05) is 49.4 Å². The number of hydrogen-bond donors (Lipinski definition) is 1. The standard InChI is InChI=1S/C26H28N2O2/c1-18-9-7-17-28(24-12-6-5-10-22(18)24)26(30)20-13-15-21(16-14-20)27-25(29)23-11-4-3-8-19(23)2/h3-6,8,10-16,18,22,24H,7,9,17H2,1-2H3,(H,27,29). The van der Waals surface area contributed by atoms with E-state index in [1.54, 1.807) is 12.1 Å². The highest BCUT2D eigenvalue weighted by molar-refractivity contribution is 6.05. The SMILES string of the molecule is Cc1ccccc1C(=O)Nc1ccc(C(=O)N2CCCC(C)C3C=CC=CC32)cc1. The van der Waals surface area contributed by atoms with Gasteiger partial charge in [0.25, 0.3) is 11.8 Å². The highest BCUT2D eigenvalue weighted by atomic mass is 16.2. The molecule has 1 heterocycles. The first-order chi connectivity index (χ1) is 14.5. The Balaban J connectivity index is 1.49. The van der Waals surface area contributed by atoms with Gasteiger partial charge >= 0.3 is 0 Å². The third kappa shape index (κ3) is 4.09. The van der Waals surface area contributed by atoms with Crippen molar-refractivity contribution in [2.45, 2.75) is 32.7 Å². The van der Waals surface area contributed by atoms with Crippen LogP contribution in [0.1, 0.15) is 46.0 Å². The first-order valence-electron chi connectivity index (χ1n) is 10.7. The number of likely N-dealkylation sites (tertiary alicyclic amines) is 1. The fourth-order valence-electron chi connectivity index (χ4n) is 4.50. The summed E-state index contributed by atoms with van der Waals surface area (Å²) >= 11 is 0. The zero-order valence-corrected chi connectivity index (χ0v) is 17.5. The number of carbonyl (C=O) groups is 2. The number of fused-ring (bicyclic) bond motifs is 1. The summed E-state index contributed by atoms with van der Waals surface area (Å²) < 4.78 is 0. The summed E-state index contributed by atoms with van der Waals surface area (Å²) in [5, 5.41) is 2.92. The van der Waals surface area contributed by atoms with Crippen LogP contribution >= 0.6 is 0 Å². The van der Waals surface area contributed by atoms with Crippen LogP contribution in [0.2, 0.25) is 0 Å². The molecule has 1 aliphatic heterocycles. The van der Waals surface area contributed by atoms with E-state index in [-0.39, 0.29) is 17.9 Å². The van der Waals surface area contributed by atoms with Crippen LogP contribution in [0.4, 0.5) is 5.69 Å². The topological polar surface area (TPSA) is 49.4 Å². The molecule has 1 fully saturated rings. The van der Waals surface area contributed by atoms with E-state index in [1.165, 1.54) is 0 Å². The van der Waals surface area contributed by atoms with E-state index >= 15 is 0 Å². The molecule has 2 aromatic carbocycles. The number of hydrogen-bond acceptors (Lipinski definition) is 2. The number of carbonyl (C=O) groups excluding carboxylic acids is 2. The van der Waals surface area contributed by atoms with Gasteiger partial charge in [-0.2, -0.15) is 0 Å². The van der Waals surface area contributed by atoms with Crippen molar-refractivity contribution in [1.29, 1.82) is 0 Å². The summed E-state index contributed by atoms with van der Waals surface area (Å²) in [7, 11) is 0. The van der Waals surface area contributed by atoms with Crippen LogP contribution in [0.25, 0.3) is 0 Å². The normalized spacial score (nSPS) is 22.9. The maximum atomic E-state index is 13.3. The van der Waals surface area contributed by atoms with Crippen molar-refractivity contribution >= 4 is 17.5 Å². The van der Waals surface area contributed by atoms with Crippen LogP contribution < -0.4 is 5.32 Å². The Kier molecular flexibility index (Phi) is 5.84. The van der Waals surface area contributed by atoms with Crippen LogP contribution in [0.3, 0.4) is 0 Å². The van der Waals surface area contributed by atoms with E-state index in [0.717, 1.165) is 24.9 Å². The van der Waals surface area contributed by atoms with E-state index in [2.05, 4.69) is 30.5 Å². The van der Waals surface area contributed by atoms with E-state index in [0.29, 0.717) is 28.7 Å². The number of allylic oxidation sites excluding steroid dienone is 2. The molecule has 30 heavy (non-hydrogen) atoms. The summed E-state index contributed by atoms with van der Waals surface area (Å²) in [4.78, 5) is 27.8. The van der Waals surface area contributed by atoms with Gasteiger partial charge in [0.2, 0.25) is 0 Å². The smallest absolute Gasteiger partial charge is 0.255 e. The van der Waals surface area contributed by atoms with Crippen molar-refractivity contribution in [3.63, 3.8) is 0 Å². The lowest BCUT2D eigenvalue weighted by Crippen LogP contribution is -2.43. The molecule has 2 amide bonds. The molecule has 0 spiro atoms. The monoisotopic (exact) mass is 400 g/mol. The number of nitrogens with one attached hydrogen (secondary N) is 1. The number of nitrogens with zero attached hydrogens (tertiary/aromatic N) is 1. The van der Waals surface area contributed by atoms with Crippen molar-refractivity contribution in [2.75, 3.05) is 11.9 Å². The average molecular weight is 401 g/mol. The van der Waals surface area contributed by atoms with Gasteiger partial charge in [-0.05, 0) is 61.6 Å². The Morgan fingerprint density at radius 3 is 2.50 bits per heavy atom. The third-order valence-corrected chi connectivity index (χ3v) is 6.26. The van der Waals surface area contributed by atoms with E-state index in [4.69, 9.17) is 0 Å². The molecule has 0 saturated carbocycles. The van der Waals surface area contributed by atoms with Crippen LogP contribution in [-0.4, -0.2) is 29.3 Å². The maximum absolute atomic E-state index is 13.3. The predicted molar refractivity (Wildman–Crippen MR) is 121 cm³/mol. The molecule has 1 N–H and O–H groups in total. The number of rotatable bonds is 3. The maximum Gasteiger partial charge on any atom is 0.255 e. The van der Waals surface area contributed by atoms with Crippen molar-refractivity contribution in [2.24, 2.45) is 11.8 Å². The first-order valence-corrected chi connectivity index (χ1v) is 10.7. The molecule has 3 unspecified atom stereocenters. The predicted octanol–water partition coefficient (Wildman–Crippen LogP) is 5.23. The molecular formula is C26H28N2O2. The van der Waals surface area contributed by atoms with Gasteiger partial charge in [-0.3, -0.25) is 9.59 Å². The van der Waals surface area contributed by atoms with Gasteiger partial charge in [0.05, 0.1) is 6.04 Å². The van der Waals surface area contributed by atoms with Crippen LogP contribution in [0.5, 0.6) is 0 Å².